The first-order chi connectivity index (χ1) is 27.6. The molecule has 0 spiro atoms. The Kier molecular flexibility index (Phi) is 11.2. The molecule has 0 saturated heterocycles. The monoisotopic (exact) mass is 962 g/mol. The maximum absolute atomic E-state index is 8.89. The Balaban J connectivity index is 0.000000201. The van der Waals surface area contributed by atoms with Gasteiger partial charge >= 0.3 is 0 Å². The van der Waals surface area contributed by atoms with Gasteiger partial charge in [0.2, 0.25) is 0 Å². The zero-order valence-corrected chi connectivity index (χ0v) is 39.4. The molecule has 3 heterocycles. The molecule has 6 heteroatoms. The number of aromatic nitrogens is 3. The molecule has 0 aliphatic heterocycles. The SMILES string of the molecule is CC(C)(C)c1ccc(-n2c(-c3[c-]ccc4c3oc3ccccc34)nc3ccccc32)cc1.[2H]C([2H])(c1cc(-c2[c-]ccc(C(C)(C)C)c2)ncc1[Si](C)(C)C)C(C)(C)C.[Ir]. The van der Waals surface area contributed by atoms with Crippen LogP contribution in [-0.4, -0.2) is 22.6 Å². The third-order valence-electron chi connectivity index (χ3n) is 10.3. The third kappa shape index (κ3) is 9.15. The molecule has 0 N–H and O–H groups in total. The van der Waals surface area contributed by atoms with Crippen LogP contribution in [0.5, 0.6) is 0 Å². The predicted molar refractivity (Wildman–Crippen MR) is 245 cm³/mol. The molecule has 8 aromatic rings. The van der Waals surface area contributed by atoms with Gasteiger partial charge in [0.25, 0.3) is 0 Å². The van der Waals surface area contributed by atoms with E-state index in [4.69, 9.17) is 17.1 Å². The topological polar surface area (TPSA) is 43.9 Å². The van der Waals surface area contributed by atoms with E-state index in [-0.39, 0.29) is 30.9 Å². The average molecular weight is 962 g/mol. The minimum Gasteiger partial charge on any atom is -0.501 e. The van der Waals surface area contributed by atoms with E-state index in [1.54, 1.807) is 0 Å². The molecule has 5 aromatic carbocycles. The fourth-order valence-electron chi connectivity index (χ4n) is 7.21. The normalized spacial score (nSPS) is 13.2. The van der Waals surface area contributed by atoms with Crippen molar-refractivity contribution in [1.82, 2.24) is 14.5 Å². The summed E-state index contributed by atoms with van der Waals surface area (Å²) in [4.78, 5) is 9.75. The molecular weight excluding hydrogens is 903 g/mol. The van der Waals surface area contributed by atoms with E-state index in [9.17, 15) is 0 Å². The minimum atomic E-state index is -1.74. The van der Waals surface area contributed by atoms with Gasteiger partial charge in [0.05, 0.1) is 30.5 Å². The van der Waals surface area contributed by atoms with E-state index in [1.807, 2.05) is 69.4 Å². The van der Waals surface area contributed by atoms with Gasteiger partial charge < -0.3 is 14.0 Å². The van der Waals surface area contributed by atoms with Gasteiger partial charge in [0.1, 0.15) is 5.58 Å². The molecule has 0 atom stereocenters. The summed E-state index contributed by atoms with van der Waals surface area (Å²) in [6, 6.07) is 44.0. The first-order valence-corrected chi connectivity index (χ1v) is 23.5. The molecule has 3 aromatic heterocycles. The number of hydrogen-bond acceptors (Lipinski definition) is 3. The molecule has 0 aliphatic rings. The molecule has 0 bridgehead atoms. The zero-order chi connectivity index (χ0) is 42.7. The van der Waals surface area contributed by atoms with Crippen molar-refractivity contribution >= 4 is 46.2 Å². The fraction of sp³-hybridized carbons (Fsp3) is 0.308. The molecule has 8 rings (SSSR count). The van der Waals surface area contributed by atoms with E-state index in [0.29, 0.717) is 0 Å². The van der Waals surface area contributed by atoms with Crippen LogP contribution in [0.1, 0.15) is 81.7 Å². The second-order valence-corrected chi connectivity index (χ2v) is 24.3. The van der Waals surface area contributed by atoms with Crippen LogP contribution in [0.2, 0.25) is 19.6 Å². The summed E-state index contributed by atoms with van der Waals surface area (Å²) in [5.41, 5.74) is 10.3. The summed E-state index contributed by atoms with van der Waals surface area (Å²) in [6.07, 6.45) is 0.472. The molecule has 0 aliphatic carbocycles. The molecule has 0 amide bonds. The van der Waals surface area contributed by atoms with Crippen LogP contribution < -0.4 is 5.19 Å². The van der Waals surface area contributed by atoms with Crippen molar-refractivity contribution in [3.8, 4) is 28.3 Å². The summed E-state index contributed by atoms with van der Waals surface area (Å²) >= 11 is 0. The van der Waals surface area contributed by atoms with Crippen LogP contribution in [0.3, 0.4) is 0 Å². The Hall–Kier alpha value is -4.61. The molecule has 4 nitrogen and oxygen atoms in total. The molecule has 1 radical (unpaired) electrons. The van der Waals surface area contributed by atoms with Crippen LogP contribution in [0, 0.1) is 17.5 Å². The van der Waals surface area contributed by atoms with Crippen LogP contribution in [0.25, 0.3) is 61.3 Å². The number of furan rings is 1. The molecule has 0 saturated carbocycles. The summed E-state index contributed by atoms with van der Waals surface area (Å²) in [6.45, 7) is 25.9. The number of pyridine rings is 1. The van der Waals surface area contributed by atoms with E-state index >= 15 is 0 Å². The van der Waals surface area contributed by atoms with Crippen molar-refractivity contribution < 1.29 is 27.3 Å². The van der Waals surface area contributed by atoms with Crippen molar-refractivity contribution in [1.29, 1.82) is 0 Å². The van der Waals surface area contributed by atoms with Crippen LogP contribution in [0.4, 0.5) is 0 Å². The van der Waals surface area contributed by atoms with E-state index in [2.05, 4.69) is 145 Å². The smallest absolute Gasteiger partial charge is 0.120 e. The average Bonchev–Trinajstić information content (AvgIpc) is 3.76. The number of imidazole rings is 1. The standard InChI is InChI=1S/C29H23N2O.C23H34NSi.Ir/c1-29(2,3)19-15-17-20(18-16-19)31-25-13-6-5-12-24(25)30-28(31)23-11-8-10-22-21-9-4-7-14-26(21)32-27(22)23;1-22(2,3)15-18-14-20(24-16-21(18)25(7,8)9)17-11-10-12-19(13-17)23(4,5)6;/h4-10,12-18H,1-3H3;10,12-14,16H,15H2,1-9H3;/q2*-1;/i;15D2;. The van der Waals surface area contributed by atoms with Gasteiger partial charge in [-0.15, -0.1) is 53.6 Å². The van der Waals surface area contributed by atoms with Gasteiger partial charge in [-0.3, -0.25) is 4.98 Å². The van der Waals surface area contributed by atoms with Gasteiger partial charge in [-0.25, -0.2) is 0 Å². The van der Waals surface area contributed by atoms with Crippen molar-refractivity contribution in [3.05, 3.63) is 144 Å². The van der Waals surface area contributed by atoms with Crippen LogP contribution in [0.15, 0.2) is 120 Å². The van der Waals surface area contributed by atoms with Gasteiger partial charge in [-0.2, -0.15) is 0 Å². The second-order valence-electron chi connectivity index (χ2n) is 19.2. The number of rotatable bonds is 5. The fourth-order valence-corrected chi connectivity index (χ4v) is 8.61. The summed E-state index contributed by atoms with van der Waals surface area (Å²) in [5.74, 6) is 0.833. The molecule has 58 heavy (non-hydrogen) atoms. The Bertz CT molecular complexity index is 2790. The number of hydrogen-bond donors (Lipinski definition) is 0. The molecular formula is C52H57IrN3OSi-2. The van der Waals surface area contributed by atoms with Gasteiger partial charge in [-0.1, -0.05) is 147 Å². The molecule has 0 fully saturated rings. The predicted octanol–water partition coefficient (Wildman–Crippen LogP) is 13.7. The Morgan fingerprint density at radius 2 is 1.38 bits per heavy atom. The number of benzene rings is 5. The summed E-state index contributed by atoms with van der Waals surface area (Å²) in [7, 11) is -1.74. The summed E-state index contributed by atoms with van der Waals surface area (Å²) < 4.78 is 26.3. The first kappa shape index (κ1) is 40.2. The molecule has 301 valence electrons. The van der Waals surface area contributed by atoms with E-state index < -0.39 is 19.9 Å². The Morgan fingerprint density at radius 1 is 0.724 bits per heavy atom. The van der Waals surface area contributed by atoms with Crippen molar-refractivity contribution in [2.24, 2.45) is 5.41 Å². The largest absolute Gasteiger partial charge is 0.501 e. The first-order valence-electron chi connectivity index (χ1n) is 21.0. The maximum Gasteiger partial charge on any atom is 0.120 e. The zero-order valence-electron chi connectivity index (χ0n) is 38.1. The van der Waals surface area contributed by atoms with Gasteiger partial charge in [0.15, 0.2) is 0 Å². The van der Waals surface area contributed by atoms with Gasteiger partial charge in [0, 0.05) is 40.1 Å². The Labute approximate surface area is 363 Å². The minimum absolute atomic E-state index is 0. The quantitative estimate of drug-likeness (QED) is 0.128. The van der Waals surface area contributed by atoms with Crippen LogP contribution in [-0.2, 0) is 37.3 Å². The van der Waals surface area contributed by atoms with E-state index in [0.717, 1.165) is 72.1 Å². The van der Waals surface area contributed by atoms with Crippen molar-refractivity contribution in [2.75, 3.05) is 0 Å². The summed E-state index contributed by atoms with van der Waals surface area (Å²) in [5, 5.41) is 3.28. The third-order valence-corrected chi connectivity index (χ3v) is 12.3. The second kappa shape index (κ2) is 16.2. The Morgan fingerprint density at radius 3 is 2.05 bits per heavy atom. The van der Waals surface area contributed by atoms with Crippen LogP contribution >= 0.6 is 0 Å². The number of nitrogens with zero attached hydrogens (tertiary/aromatic N) is 3. The van der Waals surface area contributed by atoms with Gasteiger partial charge in [-0.05, 0) is 69.4 Å². The van der Waals surface area contributed by atoms with Crippen molar-refractivity contribution in [2.45, 2.75) is 99.2 Å². The number of fused-ring (bicyclic) bond motifs is 4. The van der Waals surface area contributed by atoms with Crippen molar-refractivity contribution in [3.63, 3.8) is 0 Å². The number of para-hydroxylation sites is 3. The maximum atomic E-state index is 8.89. The molecule has 0 unspecified atom stereocenters. The van der Waals surface area contributed by atoms with E-state index in [1.165, 1.54) is 11.1 Å².